The second-order valence-corrected chi connectivity index (χ2v) is 6.90. The number of aliphatic hydroxyl groups excluding tert-OH is 1. The van der Waals surface area contributed by atoms with Crippen LogP contribution in [0.1, 0.15) is 33.1 Å². The molecule has 2 rings (SSSR count). The van der Waals surface area contributed by atoms with E-state index < -0.39 is 0 Å². The van der Waals surface area contributed by atoms with Crippen molar-refractivity contribution in [3.05, 3.63) is 24.4 Å². The van der Waals surface area contributed by atoms with E-state index in [1.807, 2.05) is 24.4 Å². The van der Waals surface area contributed by atoms with Crippen LogP contribution in [0.3, 0.4) is 0 Å². The van der Waals surface area contributed by atoms with Gasteiger partial charge in [0.2, 0.25) is 0 Å². The Kier molecular flexibility index (Phi) is 4.65. The molecule has 0 aliphatic heterocycles. The van der Waals surface area contributed by atoms with E-state index in [1.54, 1.807) is 11.8 Å². The number of pyridine rings is 1. The predicted octanol–water partition coefficient (Wildman–Crippen LogP) is 2.46. The lowest BCUT2D eigenvalue weighted by atomic mass is 9.97. The molecule has 0 spiro atoms. The Balaban J connectivity index is 1.86. The van der Waals surface area contributed by atoms with Crippen molar-refractivity contribution < 1.29 is 5.11 Å². The molecule has 4 heteroatoms. The van der Waals surface area contributed by atoms with Crippen molar-refractivity contribution in [2.24, 2.45) is 0 Å². The first-order valence-electron chi connectivity index (χ1n) is 6.57. The van der Waals surface area contributed by atoms with Gasteiger partial charge in [-0.15, -0.1) is 11.8 Å². The zero-order valence-electron chi connectivity index (χ0n) is 11.1. The highest BCUT2D eigenvalue weighted by atomic mass is 32.2. The standard InChI is InChI=1S/C14H22N2OS/c1-11(18-13-5-3-4-8-15-13)9-14(2,10-17)16-12-6-7-12/h3-5,8,11-12,16-17H,6-7,9-10H2,1-2H3. The van der Waals surface area contributed by atoms with Gasteiger partial charge in [0.25, 0.3) is 0 Å². The maximum Gasteiger partial charge on any atom is 0.0962 e. The van der Waals surface area contributed by atoms with Gasteiger partial charge in [-0.25, -0.2) is 4.98 Å². The molecule has 0 amide bonds. The van der Waals surface area contributed by atoms with E-state index in [4.69, 9.17) is 0 Å². The van der Waals surface area contributed by atoms with E-state index >= 15 is 0 Å². The van der Waals surface area contributed by atoms with Gasteiger partial charge in [-0.05, 0) is 38.3 Å². The molecular weight excluding hydrogens is 244 g/mol. The molecule has 1 fully saturated rings. The average Bonchev–Trinajstić information content (AvgIpc) is 3.13. The molecule has 2 N–H and O–H groups in total. The van der Waals surface area contributed by atoms with Crippen LogP contribution in [0.15, 0.2) is 29.4 Å². The van der Waals surface area contributed by atoms with Crippen LogP contribution in [-0.4, -0.2) is 33.5 Å². The third-order valence-corrected chi connectivity index (χ3v) is 4.23. The van der Waals surface area contributed by atoms with Gasteiger partial charge >= 0.3 is 0 Å². The Morgan fingerprint density at radius 1 is 1.56 bits per heavy atom. The topological polar surface area (TPSA) is 45.1 Å². The summed E-state index contributed by atoms with van der Waals surface area (Å²) >= 11 is 1.77. The van der Waals surface area contributed by atoms with Crippen LogP contribution in [0, 0.1) is 0 Å². The summed E-state index contributed by atoms with van der Waals surface area (Å²) < 4.78 is 0. The molecule has 18 heavy (non-hydrogen) atoms. The van der Waals surface area contributed by atoms with Crippen LogP contribution in [0.2, 0.25) is 0 Å². The van der Waals surface area contributed by atoms with Crippen LogP contribution >= 0.6 is 11.8 Å². The molecule has 1 aromatic heterocycles. The molecule has 1 aromatic rings. The largest absolute Gasteiger partial charge is 0.394 e. The second-order valence-electron chi connectivity index (χ2n) is 5.44. The highest BCUT2D eigenvalue weighted by molar-refractivity contribution is 7.99. The number of aromatic nitrogens is 1. The van der Waals surface area contributed by atoms with Crippen LogP contribution in [0.4, 0.5) is 0 Å². The molecule has 1 heterocycles. The fourth-order valence-corrected chi connectivity index (χ4v) is 3.33. The molecule has 2 atom stereocenters. The Morgan fingerprint density at radius 3 is 2.89 bits per heavy atom. The third kappa shape index (κ3) is 4.26. The van der Waals surface area contributed by atoms with Gasteiger partial charge in [-0.2, -0.15) is 0 Å². The lowest BCUT2D eigenvalue weighted by Gasteiger charge is -2.31. The first-order chi connectivity index (χ1) is 8.61. The molecule has 1 saturated carbocycles. The van der Waals surface area contributed by atoms with E-state index in [-0.39, 0.29) is 12.1 Å². The van der Waals surface area contributed by atoms with Crippen LogP contribution < -0.4 is 5.32 Å². The summed E-state index contributed by atoms with van der Waals surface area (Å²) in [6.07, 6.45) is 5.26. The molecule has 0 saturated heterocycles. The van der Waals surface area contributed by atoms with Gasteiger partial charge in [0.1, 0.15) is 0 Å². The third-order valence-electron chi connectivity index (χ3n) is 3.18. The van der Waals surface area contributed by atoms with Gasteiger partial charge in [0.05, 0.1) is 11.6 Å². The van der Waals surface area contributed by atoms with Gasteiger partial charge in [-0.3, -0.25) is 0 Å². The number of hydrogen-bond acceptors (Lipinski definition) is 4. The number of thioether (sulfide) groups is 1. The Morgan fingerprint density at radius 2 is 2.33 bits per heavy atom. The molecule has 3 nitrogen and oxygen atoms in total. The van der Waals surface area contributed by atoms with Gasteiger partial charge < -0.3 is 10.4 Å². The van der Waals surface area contributed by atoms with Crippen molar-refractivity contribution in [3.8, 4) is 0 Å². The van der Waals surface area contributed by atoms with Crippen molar-refractivity contribution in [3.63, 3.8) is 0 Å². The number of aliphatic hydroxyl groups is 1. The second kappa shape index (κ2) is 6.04. The monoisotopic (exact) mass is 266 g/mol. The van der Waals surface area contributed by atoms with Gasteiger partial charge in [0.15, 0.2) is 0 Å². The zero-order valence-corrected chi connectivity index (χ0v) is 11.9. The van der Waals surface area contributed by atoms with E-state index in [1.165, 1.54) is 12.8 Å². The first kappa shape index (κ1) is 13.8. The minimum Gasteiger partial charge on any atom is -0.394 e. The Hall–Kier alpha value is -0.580. The van der Waals surface area contributed by atoms with Crippen LogP contribution in [0.25, 0.3) is 0 Å². The van der Waals surface area contributed by atoms with Crippen LogP contribution in [0.5, 0.6) is 0 Å². The minimum atomic E-state index is -0.164. The van der Waals surface area contributed by atoms with Crippen molar-refractivity contribution in [2.45, 2.75) is 55.0 Å². The normalized spacial score (nSPS) is 20.4. The summed E-state index contributed by atoms with van der Waals surface area (Å²) in [6.45, 7) is 4.50. The summed E-state index contributed by atoms with van der Waals surface area (Å²) in [5.74, 6) is 0. The Bertz CT molecular complexity index is 369. The number of rotatable bonds is 7. The number of hydrogen-bond donors (Lipinski definition) is 2. The Labute approximate surface area is 113 Å². The highest BCUT2D eigenvalue weighted by Gasteiger charge is 2.33. The molecular formula is C14H22N2OS. The first-order valence-corrected chi connectivity index (χ1v) is 7.45. The van der Waals surface area contributed by atoms with E-state index in [0.29, 0.717) is 11.3 Å². The highest BCUT2D eigenvalue weighted by Crippen LogP contribution is 2.30. The number of nitrogens with one attached hydrogen (secondary N) is 1. The molecule has 0 aromatic carbocycles. The summed E-state index contributed by atoms with van der Waals surface area (Å²) in [4.78, 5) is 4.33. The van der Waals surface area contributed by atoms with E-state index in [2.05, 4.69) is 24.1 Å². The fourth-order valence-electron chi connectivity index (χ4n) is 2.19. The predicted molar refractivity (Wildman–Crippen MR) is 75.8 cm³/mol. The fraction of sp³-hybridized carbons (Fsp3) is 0.643. The van der Waals surface area contributed by atoms with Crippen molar-refractivity contribution in [1.82, 2.24) is 10.3 Å². The van der Waals surface area contributed by atoms with Gasteiger partial charge in [0, 0.05) is 23.0 Å². The summed E-state index contributed by atoms with van der Waals surface area (Å²) in [5.41, 5.74) is -0.164. The maximum atomic E-state index is 9.59. The van der Waals surface area contributed by atoms with Crippen molar-refractivity contribution >= 4 is 11.8 Å². The van der Waals surface area contributed by atoms with Crippen LogP contribution in [-0.2, 0) is 0 Å². The molecule has 1 aliphatic rings. The summed E-state index contributed by atoms with van der Waals surface area (Å²) in [6, 6.07) is 6.59. The van der Waals surface area contributed by atoms with E-state index in [0.717, 1.165) is 11.4 Å². The lowest BCUT2D eigenvalue weighted by Crippen LogP contribution is -2.48. The summed E-state index contributed by atoms with van der Waals surface area (Å²) in [5, 5.41) is 14.6. The molecule has 2 unspecified atom stereocenters. The lowest BCUT2D eigenvalue weighted by molar-refractivity contribution is 0.164. The van der Waals surface area contributed by atoms with Gasteiger partial charge in [-0.1, -0.05) is 13.0 Å². The molecule has 1 aliphatic carbocycles. The zero-order chi connectivity index (χ0) is 13.0. The van der Waals surface area contributed by atoms with Crippen molar-refractivity contribution in [1.29, 1.82) is 0 Å². The van der Waals surface area contributed by atoms with E-state index in [9.17, 15) is 5.11 Å². The SMILES string of the molecule is CC(CC(C)(CO)NC1CC1)Sc1ccccn1. The average molecular weight is 266 g/mol. The quantitative estimate of drug-likeness (QED) is 0.744. The molecule has 100 valence electrons. The summed E-state index contributed by atoms with van der Waals surface area (Å²) in [7, 11) is 0. The molecule has 0 radical (unpaired) electrons. The smallest absolute Gasteiger partial charge is 0.0962 e. The maximum absolute atomic E-state index is 9.59. The van der Waals surface area contributed by atoms with Crippen molar-refractivity contribution in [2.75, 3.05) is 6.61 Å². The molecule has 0 bridgehead atoms. The number of nitrogens with zero attached hydrogens (tertiary/aromatic N) is 1. The minimum absolute atomic E-state index is 0.164.